The van der Waals surface area contributed by atoms with Gasteiger partial charge in [0, 0.05) is 19.0 Å². The van der Waals surface area contributed by atoms with Gasteiger partial charge in [-0.2, -0.15) is 4.31 Å². The van der Waals surface area contributed by atoms with E-state index in [1.807, 2.05) is 0 Å². The van der Waals surface area contributed by atoms with Gasteiger partial charge in [0.1, 0.15) is 5.82 Å². The first kappa shape index (κ1) is 12.4. The molecule has 3 nitrogen and oxygen atoms in total. The summed E-state index contributed by atoms with van der Waals surface area (Å²) in [5, 5.41) is 0. The van der Waals surface area contributed by atoms with Crippen molar-refractivity contribution in [3.63, 3.8) is 0 Å². The Morgan fingerprint density at radius 1 is 1.29 bits per heavy atom. The van der Waals surface area contributed by atoms with Crippen LogP contribution < -0.4 is 0 Å². The van der Waals surface area contributed by atoms with Gasteiger partial charge in [0.15, 0.2) is 0 Å². The maximum Gasteiger partial charge on any atom is 0.243 e. The third-order valence-corrected chi connectivity index (χ3v) is 4.49. The van der Waals surface area contributed by atoms with Crippen LogP contribution in [0.25, 0.3) is 0 Å². The number of sulfonamides is 1. The molecule has 0 bridgehead atoms. The third kappa shape index (κ3) is 2.30. The molecule has 0 saturated carbocycles. The van der Waals surface area contributed by atoms with Crippen LogP contribution in [0.2, 0.25) is 0 Å². The van der Waals surface area contributed by atoms with Crippen molar-refractivity contribution in [2.75, 3.05) is 13.1 Å². The van der Waals surface area contributed by atoms with E-state index in [4.69, 9.17) is 0 Å². The van der Waals surface area contributed by atoms with E-state index in [1.165, 1.54) is 12.1 Å². The zero-order valence-corrected chi connectivity index (χ0v) is 9.50. The lowest BCUT2D eigenvalue weighted by Crippen LogP contribution is -2.52. The Labute approximate surface area is 96.9 Å². The van der Waals surface area contributed by atoms with Gasteiger partial charge in [-0.05, 0) is 18.2 Å². The fourth-order valence-corrected chi connectivity index (χ4v) is 3.19. The normalized spacial score (nSPS) is 18.4. The van der Waals surface area contributed by atoms with Gasteiger partial charge in [-0.3, -0.25) is 0 Å². The highest BCUT2D eigenvalue weighted by Crippen LogP contribution is 2.28. The van der Waals surface area contributed by atoms with Crippen molar-refractivity contribution in [2.24, 2.45) is 5.92 Å². The molecular formula is C10H10F3NO2S. The highest BCUT2D eigenvalue weighted by molar-refractivity contribution is 7.89. The van der Waals surface area contributed by atoms with Gasteiger partial charge in [0.2, 0.25) is 16.4 Å². The van der Waals surface area contributed by atoms with Crippen LogP contribution in [0, 0.1) is 11.7 Å². The smallest absolute Gasteiger partial charge is 0.210 e. The van der Waals surface area contributed by atoms with Gasteiger partial charge < -0.3 is 0 Å². The molecule has 0 unspecified atom stereocenters. The molecule has 1 aliphatic rings. The van der Waals surface area contributed by atoms with Crippen LogP contribution in [0.15, 0.2) is 29.2 Å². The molecule has 1 heterocycles. The van der Waals surface area contributed by atoms with Crippen molar-refractivity contribution in [2.45, 2.75) is 11.3 Å². The van der Waals surface area contributed by atoms with Gasteiger partial charge in [0.25, 0.3) is 0 Å². The Morgan fingerprint density at radius 3 is 2.47 bits per heavy atom. The number of hydrogen-bond acceptors (Lipinski definition) is 2. The van der Waals surface area contributed by atoms with Crippen LogP contribution in [0.3, 0.4) is 0 Å². The highest BCUT2D eigenvalue weighted by atomic mass is 32.2. The Bertz CT molecular complexity index is 512. The average Bonchev–Trinajstić information content (AvgIpc) is 2.13. The molecule has 1 fully saturated rings. The van der Waals surface area contributed by atoms with Gasteiger partial charge in [-0.25, -0.2) is 21.6 Å². The first-order valence-electron chi connectivity index (χ1n) is 4.95. The van der Waals surface area contributed by atoms with Crippen molar-refractivity contribution >= 4 is 10.0 Å². The minimum atomic E-state index is -3.83. The van der Waals surface area contributed by atoms with E-state index in [1.54, 1.807) is 0 Å². The van der Waals surface area contributed by atoms with Crippen molar-refractivity contribution < 1.29 is 21.6 Å². The molecule has 0 spiro atoms. The summed E-state index contributed by atoms with van der Waals surface area (Å²) in [4.78, 5) is -0.204. The average molecular weight is 265 g/mol. The van der Waals surface area contributed by atoms with Crippen LogP contribution >= 0.6 is 0 Å². The van der Waals surface area contributed by atoms with Gasteiger partial charge in [-0.15, -0.1) is 0 Å². The summed E-state index contributed by atoms with van der Waals surface area (Å²) in [6.07, 6.45) is -2.52. The second-order valence-corrected chi connectivity index (χ2v) is 5.81. The SMILES string of the molecule is O=S(=O)(c1cccc(F)c1)N1CC(C(F)F)C1. The van der Waals surface area contributed by atoms with E-state index in [2.05, 4.69) is 0 Å². The summed E-state index contributed by atoms with van der Waals surface area (Å²) in [5.41, 5.74) is 0. The lowest BCUT2D eigenvalue weighted by molar-refractivity contribution is 0.0123. The summed E-state index contributed by atoms with van der Waals surface area (Å²) in [6.45, 7) is -0.424. The molecular weight excluding hydrogens is 255 g/mol. The molecule has 1 aromatic carbocycles. The second kappa shape index (κ2) is 4.30. The van der Waals surface area contributed by atoms with E-state index in [9.17, 15) is 21.6 Å². The highest BCUT2D eigenvalue weighted by Gasteiger charge is 2.41. The molecule has 2 rings (SSSR count). The number of halogens is 3. The Morgan fingerprint density at radius 2 is 1.94 bits per heavy atom. The maximum atomic E-state index is 12.9. The molecule has 0 atom stereocenters. The van der Waals surface area contributed by atoms with Crippen molar-refractivity contribution in [3.8, 4) is 0 Å². The number of benzene rings is 1. The molecule has 0 amide bonds. The summed E-state index contributed by atoms with van der Waals surface area (Å²) >= 11 is 0. The topological polar surface area (TPSA) is 37.4 Å². The number of alkyl halides is 2. The predicted octanol–water partition coefficient (Wildman–Crippen LogP) is 1.71. The Hall–Kier alpha value is -1.08. The summed E-state index contributed by atoms with van der Waals surface area (Å²) in [6, 6.07) is 4.52. The summed E-state index contributed by atoms with van der Waals surface area (Å²) < 4.78 is 62.0. The number of hydrogen-bond donors (Lipinski definition) is 0. The summed E-state index contributed by atoms with van der Waals surface area (Å²) in [5.74, 6) is -1.59. The maximum absolute atomic E-state index is 12.9. The third-order valence-electron chi connectivity index (χ3n) is 2.67. The molecule has 0 N–H and O–H groups in total. The minimum Gasteiger partial charge on any atom is -0.210 e. The van der Waals surface area contributed by atoms with E-state index >= 15 is 0 Å². The minimum absolute atomic E-state index is 0.204. The fraction of sp³-hybridized carbons (Fsp3) is 0.400. The first-order valence-corrected chi connectivity index (χ1v) is 6.39. The standard InChI is InChI=1S/C10H10F3NO2S/c11-8-2-1-3-9(4-8)17(15,16)14-5-7(6-14)10(12)13/h1-4,7,10H,5-6H2. The molecule has 1 aromatic rings. The number of nitrogens with zero attached hydrogens (tertiary/aromatic N) is 1. The molecule has 0 aliphatic carbocycles. The summed E-state index contributed by atoms with van der Waals surface area (Å²) in [7, 11) is -3.83. The molecule has 1 aliphatic heterocycles. The molecule has 0 radical (unpaired) electrons. The van der Waals surface area contributed by atoms with Crippen molar-refractivity contribution in [1.82, 2.24) is 4.31 Å². The fourth-order valence-electron chi connectivity index (χ4n) is 1.60. The van der Waals surface area contributed by atoms with Crippen molar-refractivity contribution in [3.05, 3.63) is 30.1 Å². The number of rotatable bonds is 3. The monoisotopic (exact) mass is 265 g/mol. The van der Waals surface area contributed by atoms with Crippen LogP contribution in [0.1, 0.15) is 0 Å². The molecule has 1 saturated heterocycles. The first-order chi connectivity index (χ1) is 7.91. The van der Waals surface area contributed by atoms with E-state index in [0.29, 0.717) is 0 Å². The van der Waals surface area contributed by atoms with Crippen LogP contribution in [0.4, 0.5) is 13.2 Å². The van der Waals surface area contributed by atoms with Gasteiger partial charge in [-0.1, -0.05) is 6.07 Å². The quantitative estimate of drug-likeness (QED) is 0.834. The van der Waals surface area contributed by atoms with Gasteiger partial charge >= 0.3 is 0 Å². The van der Waals surface area contributed by atoms with Crippen molar-refractivity contribution in [1.29, 1.82) is 0 Å². The van der Waals surface area contributed by atoms with E-state index in [0.717, 1.165) is 16.4 Å². The van der Waals surface area contributed by atoms with E-state index in [-0.39, 0.29) is 18.0 Å². The Kier molecular flexibility index (Phi) is 3.13. The molecule has 0 aromatic heterocycles. The van der Waals surface area contributed by atoms with Crippen LogP contribution in [-0.4, -0.2) is 32.2 Å². The molecule has 94 valence electrons. The zero-order chi connectivity index (χ0) is 12.6. The second-order valence-electron chi connectivity index (χ2n) is 3.87. The van der Waals surface area contributed by atoms with Crippen LogP contribution in [-0.2, 0) is 10.0 Å². The zero-order valence-electron chi connectivity index (χ0n) is 8.68. The van der Waals surface area contributed by atoms with Gasteiger partial charge in [0.05, 0.1) is 4.90 Å². The Balaban J connectivity index is 2.16. The largest absolute Gasteiger partial charge is 0.243 e. The van der Waals surface area contributed by atoms with Crippen LogP contribution in [0.5, 0.6) is 0 Å². The van der Waals surface area contributed by atoms with E-state index < -0.39 is 28.2 Å². The molecule has 7 heteroatoms. The lowest BCUT2D eigenvalue weighted by Gasteiger charge is -2.37. The predicted molar refractivity (Wildman–Crippen MR) is 54.7 cm³/mol. The lowest BCUT2D eigenvalue weighted by atomic mass is 10.1. The molecule has 17 heavy (non-hydrogen) atoms.